The fourth-order valence-electron chi connectivity index (χ4n) is 4.80. The van der Waals surface area contributed by atoms with Gasteiger partial charge in [0.1, 0.15) is 5.82 Å². The molecular weight excluding hydrogens is 379 g/mol. The molecule has 2 aliphatic rings. The number of likely N-dealkylation sites (tertiary alicyclic amines) is 1. The highest BCUT2D eigenvalue weighted by molar-refractivity contribution is 5.66. The average Bonchev–Trinajstić information content (AvgIpc) is 3.54. The van der Waals surface area contributed by atoms with E-state index in [2.05, 4.69) is 40.5 Å². The van der Waals surface area contributed by atoms with Crippen LogP contribution in [-0.4, -0.2) is 48.2 Å². The topological polar surface area (TPSA) is 52.6 Å². The van der Waals surface area contributed by atoms with Gasteiger partial charge in [-0.3, -0.25) is 4.79 Å². The first kappa shape index (κ1) is 21.0. The standard InChI is InChI=1S/C25H31FN2O2/c26-22-9-5-4-8-20(22)17-25(11-14-28(15-12-25)13-10-24(29)30)18-27-23-16-21(23)19-6-2-1-3-7-19/h1-9,21,23,27H,10-18H2,(H,29,30)/t21-,23+/m0/s1. The summed E-state index contributed by atoms with van der Waals surface area (Å²) >= 11 is 0. The molecule has 0 spiro atoms. The minimum absolute atomic E-state index is 0.00570. The van der Waals surface area contributed by atoms with Gasteiger partial charge in [0.25, 0.3) is 0 Å². The Morgan fingerprint density at radius 3 is 2.50 bits per heavy atom. The van der Waals surface area contributed by atoms with Crippen LogP contribution in [0.1, 0.15) is 42.7 Å². The molecular formula is C25H31FN2O2. The number of piperidine rings is 1. The summed E-state index contributed by atoms with van der Waals surface area (Å²) in [4.78, 5) is 13.1. The third-order valence-corrected chi connectivity index (χ3v) is 6.84. The summed E-state index contributed by atoms with van der Waals surface area (Å²) in [5.74, 6) is -0.299. The summed E-state index contributed by atoms with van der Waals surface area (Å²) in [5.41, 5.74) is 2.18. The first-order chi connectivity index (χ1) is 14.5. The van der Waals surface area contributed by atoms with E-state index in [1.165, 1.54) is 5.56 Å². The van der Waals surface area contributed by atoms with Gasteiger partial charge < -0.3 is 15.3 Å². The first-order valence-electron chi connectivity index (χ1n) is 11.0. The van der Waals surface area contributed by atoms with Crippen molar-refractivity contribution in [3.05, 3.63) is 71.5 Å². The summed E-state index contributed by atoms with van der Waals surface area (Å²) in [6.07, 6.45) is 3.97. The normalized spacial score (nSPS) is 23.2. The van der Waals surface area contributed by atoms with Crippen LogP contribution in [0.4, 0.5) is 4.39 Å². The second-order valence-electron chi connectivity index (χ2n) is 8.99. The van der Waals surface area contributed by atoms with Gasteiger partial charge in [-0.2, -0.15) is 0 Å². The minimum Gasteiger partial charge on any atom is -0.481 e. The van der Waals surface area contributed by atoms with Crippen molar-refractivity contribution in [2.75, 3.05) is 26.2 Å². The Morgan fingerprint density at radius 2 is 1.80 bits per heavy atom. The largest absolute Gasteiger partial charge is 0.481 e. The predicted octanol–water partition coefficient (Wildman–Crippen LogP) is 4.07. The van der Waals surface area contributed by atoms with E-state index in [1.54, 1.807) is 12.1 Å². The van der Waals surface area contributed by atoms with E-state index in [1.807, 2.05) is 12.1 Å². The van der Waals surface area contributed by atoms with Crippen molar-refractivity contribution in [3.8, 4) is 0 Å². The zero-order valence-electron chi connectivity index (χ0n) is 17.4. The lowest BCUT2D eigenvalue weighted by Gasteiger charge is -2.42. The van der Waals surface area contributed by atoms with E-state index in [0.29, 0.717) is 18.5 Å². The predicted molar refractivity (Wildman–Crippen MR) is 116 cm³/mol. The Morgan fingerprint density at radius 1 is 1.10 bits per heavy atom. The second kappa shape index (κ2) is 9.27. The highest BCUT2D eigenvalue weighted by Crippen LogP contribution is 2.42. The lowest BCUT2D eigenvalue weighted by atomic mass is 9.73. The maximum Gasteiger partial charge on any atom is 0.304 e. The molecule has 4 rings (SSSR count). The summed E-state index contributed by atoms with van der Waals surface area (Å²) in [6.45, 7) is 3.21. The van der Waals surface area contributed by atoms with Gasteiger partial charge in [-0.15, -0.1) is 0 Å². The maximum absolute atomic E-state index is 14.4. The molecule has 1 aliphatic carbocycles. The molecule has 1 aliphatic heterocycles. The van der Waals surface area contributed by atoms with E-state index in [0.717, 1.165) is 50.9 Å². The lowest BCUT2D eigenvalue weighted by Crippen LogP contribution is -2.47. The Kier molecular flexibility index (Phi) is 6.49. The van der Waals surface area contributed by atoms with Crippen molar-refractivity contribution < 1.29 is 14.3 Å². The molecule has 4 nitrogen and oxygen atoms in total. The van der Waals surface area contributed by atoms with Crippen LogP contribution in [0.25, 0.3) is 0 Å². The number of hydrogen-bond acceptors (Lipinski definition) is 3. The molecule has 1 heterocycles. The Bertz CT molecular complexity index is 849. The van der Waals surface area contributed by atoms with Gasteiger partial charge in [-0.1, -0.05) is 48.5 Å². The number of carbonyl (C=O) groups is 1. The van der Waals surface area contributed by atoms with Crippen LogP contribution in [0.15, 0.2) is 54.6 Å². The van der Waals surface area contributed by atoms with Gasteiger partial charge in [0.2, 0.25) is 0 Å². The molecule has 2 atom stereocenters. The van der Waals surface area contributed by atoms with Crippen LogP contribution in [-0.2, 0) is 11.2 Å². The molecule has 0 radical (unpaired) electrons. The van der Waals surface area contributed by atoms with Crippen molar-refractivity contribution in [3.63, 3.8) is 0 Å². The molecule has 1 saturated heterocycles. The van der Waals surface area contributed by atoms with E-state index in [-0.39, 0.29) is 17.7 Å². The third-order valence-electron chi connectivity index (χ3n) is 6.84. The first-order valence-corrected chi connectivity index (χ1v) is 11.0. The average molecular weight is 411 g/mol. The molecule has 2 aromatic carbocycles. The van der Waals surface area contributed by atoms with Crippen LogP contribution in [0.2, 0.25) is 0 Å². The highest BCUT2D eigenvalue weighted by atomic mass is 19.1. The smallest absolute Gasteiger partial charge is 0.304 e. The monoisotopic (exact) mass is 410 g/mol. The van der Waals surface area contributed by atoms with Crippen LogP contribution in [0.3, 0.4) is 0 Å². The summed E-state index contributed by atoms with van der Waals surface area (Å²) in [7, 11) is 0. The van der Waals surface area contributed by atoms with E-state index in [9.17, 15) is 9.18 Å². The number of carboxylic acids is 1. The number of nitrogens with one attached hydrogen (secondary N) is 1. The Balaban J connectivity index is 1.39. The van der Waals surface area contributed by atoms with Gasteiger partial charge in [0, 0.05) is 25.0 Å². The molecule has 30 heavy (non-hydrogen) atoms. The van der Waals surface area contributed by atoms with Gasteiger partial charge in [0.05, 0.1) is 6.42 Å². The zero-order valence-corrected chi connectivity index (χ0v) is 17.4. The number of aliphatic carboxylic acids is 1. The van der Waals surface area contributed by atoms with Crippen LogP contribution >= 0.6 is 0 Å². The minimum atomic E-state index is -0.749. The molecule has 160 valence electrons. The lowest BCUT2D eigenvalue weighted by molar-refractivity contribution is -0.137. The molecule has 2 N–H and O–H groups in total. The molecule has 0 amide bonds. The fraction of sp³-hybridized carbons (Fsp3) is 0.480. The number of benzene rings is 2. The number of nitrogens with zero attached hydrogens (tertiary/aromatic N) is 1. The van der Waals surface area contributed by atoms with Gasteiger partial charge in [-0.05, 0) is 61.4 Å². The number of halogens is 1. The highest BCUT2D eigenvalue weighted by Gasteiger charge is 2.41. The van der Waals surface area contributed by atoms with Gasteiger partial charge in [-0.25, -0.2) is 4.39 Å². The van der Waals surface area contributed by atoms with E-state index < -0.39 is 5.97 Å². The quantitative estimate of drug-likeness (QED) is 0.654. The van der Waals surface area contributed by atoms with Crippen LogP contribution in [0.5, 0.6) is 0 Å². The SMILES string of the molecule is O=C(O)CCN1CCC(CN[C@@H]2C[C@H]2c2ccccc2)(Cc2ccccc2F)CC1. The molecule has 2 fully saturated rings. The second-order valence-corrected chi connectivity index (χ2v) is 8.99. The third kappa shape index (κ3) is 5.27. The van der Waals surface area contributed by atoms with E-state index in [4.69, 9.17) is 5.11 Å². The summed E-state index contributed by atoms with van der Waals surface area (Å²) < 4.78 is 14.4. The summed E-state index contributed by atoms with van der Waals surface area (Å²) in [5, 5.41) is 12.8. The molecule has 0 aromatic heterocycles. The molecule has 2 aromatic rings. The maximum atomic E-state index is 14.4. The van der Waals surface area contributed by atoms with E-state index >= 15 is 0 Å². The van der Waals surface area contributed by atoms with Crippen molar-refractivity contribution in [1.29, 1.82) is 0 Å². The van der Waals surface area contributed by atoms with Crippen molar-refractivity contribution in [2.24, 2.45) is 5.41 Å². The van der Waals surface area contributed by atoms with Crippen molar-refractivity contribution >= 4 is 5.97 Å². The fourth-order valence-corrected chi connectivity index (χ4v) is 4.80. The Labute approximate surface area is 178 Å². The molecule has 1 saturated carbocycles. The number of hydrogen-bond donors (Lipinski definition) is 2. The summed E-state index contributed by atoms with van der Waals surface area (Å²) in [6, 6.07) is 18.2. The van der Waals surface area contributed by atoms with Crippen LogP contribution in [0, 0.1) is 11.2 Å². The van der Waals surface area contributed by atoms with Crippen molar-refractivity contribution in [1.82, 2.24) is 10.2 Å². The Hall–Kier alpha value is -2.24. The van der Waals surface area contributed by atoms with Gasteiger partial charge in [0.15, 0.2) is 0 Å². The number of carboxylic acid groups (broad SMARTS) is 1. The van der Waals surface area contributed by atoms with Crippen LogP contribution < -0.4 is 5.32 Å². The van der Waals surface area contributed by atoms with Gasteiger partial charge >= 0.3 is 5.97 Å². The zero-order chi connectivity index (χ0) is 21.0. The number of rotatable bonds is 9. The van der Waals surface area contributed by atoms with Crippen molar-refractivity contribution in [2.45, 2.75) is 44.1 Å². The molecule has 0 bridgehead atoms. The molecule has 5 heteroatoms. The molecule has 0 unspecified atom stereocenters.